The molecule has 1 N–H and O–H groups in total. The highest BCUT2D eigenvalue weighted by atomic mass is 16.4. The van der Waals surface area contributed by atoms with Gasteiger partial charge in [0.2, 0.25) is 0 Å². The molecule has 0 aliphatic heterocycles. The number of rotatable bonds is 2. The van der Waals surface area contributed by atoms with Crippen molar-refractivity contribution in [3.8, 4) is 0 Å². The average molecular weight is 264 g/mol. The van der Waals surface area contributed by atoms with Crippen LogP contribution >= 0.6 is 0 Å². The number of nitrogens with zero attached hydrogens (tertiary/aromatic N) is 2. The third kappa shape index (κ3) is 2.26. The van der Waals surface area contributed by atoms with Crippen LogP contribution in [0.4, 0.5) is 5.69 Å². The number of aliphatic hydroxyl groups is 1. The van der Waals surface area contributed by atoms with Crippen molar-refractivity contribution in [2.75, 3.05) is 11.9 Å². The molecule has 0 fully saturated rings. The first-order chi connectivity index (χ1) is 8.71. The Bertz CT molecular complexity index is 691. The van der Waals surface area contributed by atoms with E-state index in [1.807, 2.05) is 0 Å². The highest BCUT2D eigenvalue weighted by Crippen LogP contribution is 2.22. The zero-order chi connectivity index (χ0) is 14.4. The van der Waals surface area contributed by atoms with E-state index in [1.54, 1.807) is 32.3 Å². The standard InChI is InChI=1S/C13H16N2O4/c1-13(2,18)11(16)14(3)8-5-6-9-10(7-8)19-12(17)15(9)4/h5-7,18H,1-4H3. The number of benzene rings is 1. The van der Waals surface area contributed by atoms with E-state index in [1.165, 1.54) is 23.3 Å². The van der Waals surface area contributed by atoms with Gasteiger partial charge in [-0.25, -0.2) is 4.79 Å². The van der Waals surface area contributed by atoms with Gasteiger partial charge in [-0.1, -0.05) is 0 Å². The Morgan fingerprint density at radius 3 is 2.63 bits per heavy atom. The molecule has 0 aliphatic rings. The summed E-state index contributed by atoms with van der Waals surface area (Å²) in [7, 11) is 3.17. The summed E-state index contributed by atoms with van der Waals surface area (Å²) in [5, 5.41) is 9.71. The van der Waals surface area contributed by atoms with Crippen LogP contribution in [0, 0.1) is 0 Å². The fourth-order valence-corrected chi connectivity index (χ4v) is 1.86. The normalized spacial score (nSPS) is 11.8. The summed E-state index contributed by atoms with van der Waals surface area (Å²) in [5.74, 6) is -0.895. The summed E-state index contributed by atoms with van der Waals surface area (Å²) >= 11 is 0. The molecular weight excluding hydrogens is 248 g/mol. The molecule has 0 atom stereocenters. The van der Waals surface area contributed by atoms with Gasteiger partial charge in [0.15, 0.2) is 5.58 Å². The number of carbonyl (C=O) groups is 1. The lowest BCUT2D eigenvalue weighted by molar-refractivity contribution is -0.133. The molecule has 0 unspecified atom stereocenters. The molecule has 0 spiro atoms. The van der Waals surface area contributed by atoms with Gasteiger partial charge in [0.05, 0.1) is 5.52 Å². The van der Waals surface area contributed by atoms with Gasteiger partial charge in [-0.05, 0) is 26.0 Å². The molecule has 0 bridgehead atoms. The number of hydrogen-bond donors (Lipinski definition) is 1. The van der Waals surface area contributed by atoms with Crippen LogP contribution in [0.1, 0.15) is 13.8 Å². The highest BCUT2D eigenvalue weighted by Gasteiger charge is 2.28. The van der Waals surface area contributed by atoms with Crippen LogP contribution in [0.3, 0.4) is 0 Å². The smallest absolute Gasteiger partial charge is 0.408 e. The minimum atomic E-state index is -1.46. The van der Waals surface area contributed by atoms with Crippen molar-refractivity contribution in [3.05, 3.63) is 28.7 Å². The summed E-state index contributed by atoms with van der Waals surface area (Å²) in [5.41, 5.74) is 0.147. The summed E-state index contributed by atoms with van der Waals surface area (Å²) in [6, 6.07) is 4.99. The van der Waals surface area contributed by atoms with Crippen LogP contribution in [0.2, 0.25) is 0 Å². The van der Waals surface area contributed by atoms with Crippen LogP contribution in [0.25, 0.3) is 11.1 Å². The molecule has 19 heavy (non-hydrogen) atoms. The lowest BCUT2D eigenvalue weighted by atomic mass is 10.1. The Kier molecular flexibility index (Phi) is 2.98. The van der Waals surface area contributed by atoms with Crippen molar-refractivity contribution in [2.45, 2.75) is 19.4 Å². The van der Waals surface area contributed by atoms with Crippen molar-refractivity contribution in [1.29, 1.82) is 0 Å². The van der Waals surface area contributed by atoms with Crippen molar-refractivity contribution < 1.29 is 14.3 Å². The van der Waals surface area contributed by atoms with Crippen LogP contribution in [0.15, 0.2) is 27.4 Å². The van der Waals surface area contributed by atoms with Crippen LogP contribution in [-0.4, -0.2) is 28.2 Å². The quantitative estimate of drug-likeness (QED) is 0.873. The highest BCUT2D eigenvalue weighted by molar-refractivity contribution is 5.99. The van der Waals surface area contributed by atoms with E-state index in [4.69, 9.17) is 4.42 Å². The molecule has 0 aliphatic carbocycles. The third-order valence-electron chi connectivity index (χ3n) is 2.99. The van der Waals surface area contributed by atoms with E-state index in [-0.39, 0.29) is 0 Å². The van der Waals surface area contributed by atoms with Crippen LogP contribution in [-0.2, 0) is 11.8 Å². The molecule has 0 radical (unpaired) electrons. The molecule has 1 aromatic heterocycles. The van der Waals surface area contributed by atoms with E-state index < -0.39 is 17.3 Å². The first-order valence-corrected chi connectivity index (χ1v) is 5.82. The summed E-state index contributed by atoms with van der Waals surface area (Å²) in [4.78, 5) is 24.7. The molecule has 102 valence electrons. The second-order valence-corrected chi connectivity index (χ2v) is 5.00. The molecule has 0 saturated carbocycles. The Hall–Kier alpha value is -2.08. The maximum absolute atomic E-state index is 12.0. The number of oxazole rings is 1. The fraction of sp³-hybridized carbons (Fsp3) is 0.385. The Balaban J connectivity index is 2.47. The number of aromatic nitrogens is 1. The van der Waals surface area contributed by atoms with Crippen molar-refractivity contribution >= 4 is 22.7 Å². The largest absolute Gasteiger partial charge is 0.419 e. The van der Waals surface area contributed by atoms with Gasteiger partial charge in [0.25, 0.3) is 5.91 Å². The number of carbonyl (C=O) groups excluding carboxylic acids is 1. The Labute approximate surface area is 109 Å². The molecule has 1 amide bonds. The van der Waals surface area contributed by atoms with Gasteiger partial charge in [0, 0.05) is 25.8 Å². The van der Waals surface area contributed by atoms with E-state index in [9.17, 15) is 14.7 Å². The zero-order valence-corrected chi connectivity index (χ0v) is 11.3. The maximum atomic E-state index is 12.0. The fourth-order valence-electron chi connectivity index (χ4n) is 1.86. The Morgan fingerprint density at radius 2 is 2.05 bits per heavy atom. The lowest BCUT2D eigenvalue weighted by Crippen LogP contribution is -2.43. The zero-order valence-electron chi connectivity index (χ0n) is 11.3. The van der Waals surface area contributed by atoms with E-state index in [0.717, 1.165) is 0 Å². The molecule has 1 aromatic carbocycles. The number of fused-ring (bicyclic) bond motifs is 1. The summed E-state index contributed by atoms with van der Waals surface area (Å²) in [6.07, 6.45) is 0. The molecule has 1 heterocycles. The molecule has 6 nitrogen and oxygen atoms in total. The molecule has 2 aromatic rings. The molecule has 0 saturated heterocycles. The monoisotopic (exact) mass is 264 g/mol. The van der Waals surface area contributed by atoms with E-state index in [0.29, 0.717) is 16.8 Å². The average Bonchev–Trinajstić information content (AvgIpc) is 2.61. The maximum Gasteiger partial charge on any atom is 0.419 e. The number of likely N-dealkylation sites (N-methyl/N-ethyl adjacent to an activating group) is 1. The summed E-state index contributed by atoms with van der Waals surface area (Å²) < 4.78 is 6.45. The van der Waals surface area contributed by atoms with Gasteiger partial charge in [-0.3, -0.25) is 9.36 Å². The first kappa shape index (κ1) is 13.4. The SMILES string of the molecule is CN(C(=O)C(C)(C)O)c1ccc2c(c1)oc(=O)n2C. The molecular formula is C13H16N2O4. The van der Waals surface area contributed by atoms with Gasteiger partial charge in [-0.15, -0.1) is 0 Å². The second-order valence-electron chi connectivity index (χ2n) is 5.00. The number of aryl methyl sites for hydroxylation is 1. The lowest BCUT2D eigenvalue weighted by Gasteiger charge is -2.24. The Morgan fingerprint density at radius 1 is 1.42 bits per heavy atom. The van der Waals surface area contributed by atoms with Crippen LogP contribution in [0.5, 0.6) is 0 Å². The predicted molar refractivity (Wildman–Crippen MR) is 71.2 cm³/mol. The van der Waals surface area contributed by atoms with Crippen molar-refractivity contribution in [1.82, 2.24) is 4.57 Å². The van der Waals surface area contributed by atoms with Crippen molar-refractivity contribution in [2.24, 2.45) is 7.05 Å². The summed E-state index contributed by atoms with van der Waals surface area (Å²) in [6.45, 7) is 2.85. The van der Waals surface area contributed by atoms with Crippen molar-refractivity contribution in [3.63, 3.8) is 0 Å². The number of amides is 1. The number of anilines is 1. The topological polar surface area (TPSA) is 75.7 Å². The first-order valence-electron chi connectivity index (χ1n) is 5.82. The van der Waals surface area contributed by atoms with E-state index >= 15 is 0 Å². The molecule has 6 heteroatoms. The van der Waals surface area contributed by atoms with E-state index in [2.05, 4.69) is 0 Å². The van der Waals surface area contributed by atoms with Gasteiger partial charge in [-0.2, -0.15) is 0 Å². The van der Waals surface area contributed by atoms with Gasteiger partial charge < -0.3 is 14.4 Å². The van der Waals surface area contributed by atoms with Gasteiger partial charge in [0.1, 0.15) is 5.60 Å². The van der Waals surface area contributed by atoms with Crippen LogP contribution < -0.4 is 10.7 Å². The van der Waals surface area contributed by atoms with Gasteiger partial charge >= 0.3 is 5.76 Å². The minimum absolute atomic E-state index is 0.403. The predicted octanol–water partition coefficient (Wildman–Crippen LogP) is 0.865. The third-order valence-corrected chi connectivity index (χ3v) is 2.99. The number of hydrogen-bond acceptors (Lipinski definition) is 4. The second kappa shape index (κ2) is 4.24. The minimum Gasteiger partial charge on any atom is -0.408 e. The molecule has 2 rings (SSSR count).